The number of halogens is 2. The van der Waals surface area contributed by atoms with E-state index in [1.807, 2.05) is 0 Å². The Labute approximate surface area is 180 Å². The SMILES string of the molecule is NC(=O)COc1ccc(C2CC(=O)Nc3c(C(=O)O)cn(-c4cc(F)cc(F)c4)c32)cc1. The topological polar surface area (TPSA) is 124 Å². The standard InChI is InChI=1S/C22H17F2N3O5/c23-12-5-13(24)7-14(6-12)27-9-17(22(30)31)20-21(27)16(8-19(29)26-20)11-1-3-15(4-2-11)32-10-18(25)28/h1-7,9,16H,8,10H2,(H2,25,28)(H,26,29)(H,30,31). The summed E-state index contributed by atoms with van der Waals surface area (Å²) >= 11 is 0. The van der Waals surface area contributed by atoms with Crippen molar-refractivity contribution in [2.45, 2.75) is 12.3 Å². The molecule has 0 radical (unpaired) electrons. The van der Waals surface area contributed by atoms with Crippen LogP contribution >= 0.6 is 0 Å². The molecule has 1 aliphatic rings. The van der Waals surface area contributed by atoms with Crippen molar-refractivity contribution in [2.75, 3.05) is 11.9 Å². The number of carboxylic acids is 1. The summed E-state index contributed by atoms with van der Waals surface area (Å²) in [6.07, 6.45) is 1.21. The third-order valence-corrected chi connectivity index (χ3v) is 5.05. The fraction of sp³-hybridized carbons (Fsp3) is 0.136. The van der Waals surface area contributed by atoms with Gasteiger partial charge in [0.2, 0.25) is 5.91 Å². The number of carboxylic acid groups (broad SMARTS) is 1. The maximum Gasteiger partial charge on any atom is 0.339 e. The number of carbonyl (C=O) groups excluding carboxylic acids is 2. The van der Waals surface area contributed by atoms with Gasteiger partial charge in [0.1, 0.15) is 22.9 Å². The van der Waals surface area contributed by atoms with Gasteiger partial charge in [0.25, 0.3) is 5.91 Å². The molecule has 0 saturated heterocycles. The molecule has 2 aromatic carbocycles. The molecule has 1 aromatic heterocycles. The number of carbonyl (C=O) groups is 3. The Hall–Kier alpha value is -4.21. The van der Waals surface area contributed by atoms with Crippen LogP contribution in [0.15, 0.2) is 48.7 Å². The van der Waals surface area contributed by atoms with Crippen molar-refractivity contribution in [1.29, 1.82) is 0 Å². The van der Waals surface area contributed by atoms with E-state index in [-0.39, 0.29) is 30.0 Å². The van der Waals surface area contributed by atoms with Crippen molar-refractivity contribution in [3.63, 3.8) is 0 Å². The average Bonchev–Trinajstić information content (AvgIpc) is 3.11. The Morgan fingerprint density at radius 2 is 1.81 bits per heavy atom. The molecule has 164 valence electrons. The molecule has 32 heavy (non-hydrogen) atoms. The average molecular weight is 441 g/mol. The van der Waals surface area contributed by atoms with Gasteiger partial charge >= 0.3 is 5.97 Å². The number of aromatic carboxylic acids is 1. The zero-order valence-electron chi connectivity index (χ0n) is 16.5. The van der Waals surface area contributed by atoms with Gasteiger partial charge in [-0.1, -0.05) is 12.1 Å². The summed E-state index contributed by atoms with van der Waals surface area (Å²) in [6, 6.07) is 9.34. The fourth-order valence-corrected chi connectivity index (χ4v) is 3.75. The first-order valence-corrected chi connectivity index (χ1v) is 9.49. The minimum atomic E-state index is -1.30. The highest BCUT2D eigenvalue weighted by Crippen LogP contribution is 2.42. The largest absolute Gasteiger partial charge is 0.484 e. The monoisotopic (exact) mass is 441 g/mol. The van der Waals surface area contributed by atoms with Crippen LogP contribution in [0.5, 0.6) is 5.75 Å². The van der Waals surface area contributed by atoms with E-state index >= 15 is 0 Å². The lowest BCUT2D eigenvalue weighted by Crippen LogP contribution is -2.25. The number of hydrogen-bond acceptors (Lipinski definition) is 4. The van der Waals surface area contributed by atoms with E-state index < -0.39 is 35.3 Å². The molecule has 1 unspecified atom stereocenters. The number of anilines is 1. The molecule has 4 rings (SSSR count). The summed E-state index contributed by atoms with van der Waals surface area (Å²) in [7, 11) is 0. The van der Waals surface area contributed by atoms with Gasteiger partial charge in [-0.15, -0.1) is 0 Å². The van der Waals surface area contributed by atoms with Crippen LogP contribution in [0.4, 0.5) is 14.5 Å². The molecule has 0 fully saturated rings. The first-order chi connectivity index (χ1) is 15.2. The molecule has 1 aliphatic heterocycles. The second-order valence-electron chi connectivity index (χ2n) is 7.23. The number of aromatic nitrogens is 1. The van der Waals surface area contributed by atoms with Crippen molar-refractivity contribution in [3.8, 4) is 11.4 Å². The van der Waals surface area contributed by atoms with E-state index in [1.54, 1.807) is 24.3 Å². The van der Waals surface area contributed by atoms with Crippen LogP contribution in [0.25, 0.3) is 5.69 Å². The summed E-state index contributed by atoms with van der Waals surface area (Å²) in [5.41, 5.74) is 6.02. The lowest BCUT2D eigenvalue weighted by Gasteiger charge is -2.26. The van der Waals surface area contributed by atoms with Gasteiger partial charge < -0.3 is 25.5 Å². The predicted octanol–water partition coefficient (Wildman–Crippen LogP) is 2.79. The van der Waals surface area contributed by atoms with Gasteiger partial charge in [0.15, 0.2) is 6.61 Å². The number of primary amides is 1. The van der Waals surface area contributed by atoms with E-state index in [0.29, 0.717) is 23.1 Å². The Bertz CT molecular complexity index is 1220. The van der Waals surface area contributed by atoms with Crippen LogP contribution in [0.3, 0.4) is 0 Å². The summed E-state index contributed by atoms with van der Waals surface area (Å²) in [5, 5.41) is 12.2. The third kappa shape index (κ3) is 4.02. The van der Waals surface area contributed by atoms with Crippen LogP contribution in [0.1, 0.15) is 34.0 Å². The molecular formula is C22H17F2N3O5. The molecule has 2 amide bonds. The molecule has 0 bridgehead atoms. The lowest BCUT2D eigenvalue weighted by atomic mass is 9.88. The van der Waals surface area contributed by atoms with Crippen LogP contribution < -0.4 is 15.8 Å². The Kier molecular flexibility index (Phi) is 5.35. The van der Waals surface area contributed by atoms with E-state index in [4.69, 9.17) is 10.5 Å². The minimum Gasteiger partial charge on any atom is -0.484 e. The van der Waals surface area contributed by atoms with Gasteiger partial charge in [0.05, 0.1) is 17.1 Å². The van der Waals surface area contributed by atoms with Gasteiger partial charge in [-0.2, -0.15) is 0 Å². The molecule has 0 saturated carbocycles. The Morgan fingerprint density at radius 3 is 2.41 bits per heavy atom. The van der Waals surface area contributed by atoms with Crippen molar-refractivity contribution in [3.05, 3.63) is 77.1 Å². The highest BCUT2D eigenvalue weighted by Gasteiger charge is 2.34. The van der Waals surface area contributed by atoms with E-state index in [0.717, 1.165) is 12.1 Å². The predicted molar refractivity (Wildman–Crippen MR) is 109 cm³/mol. The molecule has 4 N–H and O–H groups in total. The molecule has 3 aromatic rings. The van der Waals surface area contributed by atoms with Crippen LogP contribution in [-0.4, -0.2) is 34.1 Å². The number of nitrogens with zero attached hydrogens (tertiary/aromatic N) is 1. The molecule has 8 nitrogen and oxygen atoms in total. The molecule has 1 atom stereocenters. The number of nitrogens with two attached hydrogens (primary N) is 1. The molecule has 0 spiro atoms. The normalized spacial score (nSPS) is 15.1. The quantitative estimate of drug-likeness (QED) is 0.543. The number of amides is 2. The van der Waals surface area contributed by atoms with Gasteiger partial charge in [-0.3, -0.25) is 9.59 Å². The summed E-state index contributed by atoms with van der Waals surface area (Å²) in [6.45, 7) is -0.300. The maximum absolute atomic E-state index is 13.9. The number of benzene rings is 2. The van der Waals surface area contributed by atoms with Crippen LogP contribution in [-0.2, 0) is 9.59 Å². The van der Waals surface area contributed by atoms with Crippen molar-refractivity contribution in [2.24, 2.45) is 5.73 Å². The number of hydrogen-bond donors (Lipinski definition) is 3. The van der Waals surface area contributed by atoms with Crippen molar-refractivity contribution >= 4 is 23.5 Å². The lowest BCUT2D eigenvalue weighted by molar-refractivity contribution is -0.120. The van der Waals surface area contributed by atoms with Gasteiger partial charge in [0, 0.05) is 24.6 Å². The molecule has 0 aliphatic carbocycles. The summed E-state index contributed by atoms with van der Waals surface area (Å²) in [5.74, 6) is -4.22. The summed E-state index contributed by atoms with van der Waals surface area (Å²) in [4.78, 5) is 35.1. The zero-order chi connectivity index (χ0) is 23.0. The molecular weight excluding hydrogens is 424 g/mol. The maximum atomic E-state index is 13.9. The van der Waals surface area contributed by atoms with E-state index in [2.05, 4.69) is 5.32 Å². The van der Waals surface area contributed by atoms with Crippen LogP contribution in [0, 0.1) is 11.6 Å². The molecule has 2 heterocycles. The van der Waals surface area contributed by atoms with Gasteiger partial charge in [-0.25, -0.2) is 13.6 Å². The smallest absolute Gasteiger partial charge is 0.339 e. The van der Waals surface area contributed by atoms with Gasteiger partial charge in [-0.05, 0) is 29.8 Å². The van der Waals surface area contributed by atoms with E-state index in [1.165, 1.54) is 10.8 Å². The summed E-state index contributed by atoms with van der Waals surface area (Å²) < 4.78 is 34.4. The number of fused-ring (bicyclic) bond motifs is 1. The number of ether oxygens (including phenoxy) is 1. The number of nitrogens with one attached hydrogen (secondary N) is 1. The highest BCUT2D eigenvalue weighted by molar-refractivity contribution is 6.04. The number of rotatable bonds is 6. The second-order valence-corrected chi connectivity index (χ2v) is 7.23. The third-order valence-electron chi connectivity index (χ3n) is 5.05. The second kappa shape index (κ2) is 8.14. The van der Waals surface area contributed by atoms with E-state index in [9.17, 15) is 28.3 Å². The highest BCUT2D eigenvalue weighted by atomic mass is 19.1. The molecule has 10 heteroatoms. The zero-order valence-corrected chi connectivity index (χ0v) is 16.5. The first-order valence-electron chi connectivity index (χ1n) is 9.49. The Balaban J connectivity index is 1.83. The minimum absolute atomic E-state index is 0.0185. The van der Waals surface area contributed by atoms with Crippen molar-refractivity contribution < 1.29 is 33.0 Å². The Morgan fingerprint density at radius 1 is 1.16 bits per heavy atom. The fourth-order valence-electron chi connectivity index (χ4n) is 3.75. The van der Waals surface area contributed by atoms with Crippen LogP contribution in [0.2, 0.25) is 0 Å². The van der Waals surface area contributed by atoms with Crippen molar-refractivity contribution in [1.82, 2.24) is 4.57 Å². The first kappa shape index (κ1) is 21.0.